The molecule has 0 aliphatic carbocycles. The van der Waals surface area contributed by atoms with E-state index < -0.39 is 12.1 Å². The van der Waals surface area contributed by atoms with Crippen LogP contribution in [0.4, 0.5) is 4.79 Å². The van der Waals surface area contributed by atoms with Crippen LogP contribution in [0.5, 0.6) is 0 Å². The van der Waals surface area contributed by atoms with E-state index in [1.165, 1.54) is 0 Å². The number of carbonyl (C=O) groups excluding carboxylic acids is 3. The van der Waals surface area contributed by atoms with E-state index in [-0.39, 0.29) is 24.4 Å². The minimum Gasteiger partial charge on any atom is -0.378 e. The van der Waals surface area contributed by atoms with E-state index in [1.807, 2.05) is 63.2 Å². The van der Waals surface area contributed by atoms with Gasteiger partial charge in [-0.2, -0.15) is 0 Å². The second-order valence-corrected chi connectivity index (χ2v) is 9.92. The molecule has 3 heterocycles. The average Bonchev–Trinajstić information content (AvgIpc) is 3.24. The lowest BCUT2D eigenvalue weighted by atomic mass is 9.91. The third kappa shape index (κ3) is 4.73. The predicted molar refractivity (Wildman–Crippen MR) is 140 cm³/mol. The molecule has 0 bridgehead atoms. The molecule has 1 fully saturated rings. The number of benzene rings is 2. The molecule has 2 aromatic carbocycles. The number of ether oxygens (including phenoxy) is 1. The van der Waals surface area contributed by atoms with Crippen LogP contribution in [0.15, 0.2) is 59.8 Å². The first-order chi connectivity index (χ1) is 17.9. The van der Waals surface area contributed by atoms with Crippen LogP contribution in [0.3, 0.4) is 0 Å². The average molecular weight is 503 g/mol. The highest BCUT2D eigenvalue weighted by atomic mass is 16.5. The molecule has 0 radical (unpaired) electrons. The van der Waals surface area contributed by atoms with Crippen molar-refractivity contribution in [2.75, 3.05) is 39.4 Å². The number of carbonyl (C=O) groups is 3. The van der Waals surface area contributed by atoms with Crippen LogP contribution in [-0.4, -0.2) is 78.0 Å². The monoisotopic (exact) mass is 502 g/mol. The standard InChI is InChI=1S/C29H34N4O4/c1-4-32-24-18-33(23(17-21-8-6-5-7-9-21)27(34)31-12-14-37-15-13-31)28(35)25(24)26(30-29(32)36)22-11-10-19(2)16-20(22)3/h5-11,16,23,26H,4,12-15,17-18H2,1-3H3,(H,30,36). The number of amides is 4. The molecular weight excluding hydrogens is 468 g/mol. The van der Waals surface area contributed by atoms with Gasteiger partial charge in [0, 0.05) is 26.1 Å². The zero-order valence-corrected chi connectivity index (χ0v) is 21.7. The Hall–Kier alpha value is -3.65. The number of hydrogen-bond acceptors (Lipinski definition) is 4. The maximum Gasteiger partial charge on any atom is 0.322 e. The summed E-state index contributed by atoms with van der Waals surface area (Å²) in [5.41, 5.74) is 5.26. The molecular formula is C29H34N4O4. The molecule has 194 valence electrons. The zero-order valence-electron chi connectivity index (χ0n) is 21.7. The van der Waals surface area contributed by atoms with Gasteiger partial charge in [-0.25, -0.2) is 4.79 Å². The van der Waals surface area contributed by atoms with Crippen molar-refractivity contribution in [3.05, 3.63) is 82.1 Å². The van der Waals surface area contributed by atoms with E-state index in [0.29, 0.717) is 50.5 Å². The lowest BCUT2D eigenvalue weighted by Gasteiger charge is -2.35. The first kappa shape index (κ1) is 25.0. The maximum atomic E-state index is 14.2. The largest absolute Gasteiger partial charge is 0.378 e. The fourth-order valence-electron chi connectivity index (χ4n) is 5.65. The second kappa shape index (κ2) is 10.4. The summed E-state index contributed by atoms with van der Waals surface area (Å²) >= 11 is 0. The molecule has 2 atom stereocenters. The summed E-state index contributed by atoms with van der Waals surface area (Å²) in [6.45, 7) is 8.57. The third-order valence-corrected chi connectivity index (χ3v) is 7.56. The Morgan fingerprint density at radius 1 is 1.08 bits per heavy atom. The Kier molecular flexibility index (Phi) is 7.02. The highest BCUT2D eigenvalue weighted by Crippen LogP contribution is 2.38. The zero-order chi connectivity index (χ0) is 26.1. The second-order valence-electron chi connectivity index (χ2n) is 9.92. The van der Waals surface area contributed by atoms with Crippen molar-refractivity contribution in [2.24, 2.45) is 0 Å². The van der Waals surface area contributed by atoms with Gasteiger partial charge in [-0.05, 0) is 37.5 Å². The Bertz CT molecular complexity index is 1240. The fraction of sp³-hybridized carbons (Fsp3) is 0.414. The molecule has 37 heavy (non-hydrogen) atoms. The van der Waals surface area contributed by atoms with Gasteiger partial charge in [0.2, 0.25) is 5.91 Å². The van der Waals surface area contributed by atoms with Crippen LogP contribution >= 0.6 is 0 Å². The Labute approximate surface area is 217 Å². The smallest absolute Gasteiger partial charge is 0.322 e. The number of morpholine rings is 1. The fourth-order valence-corrected chi connectivity index (χ4v) is 5.65. The number of aryl methyl sites for hydroxylation is 2. The molecule has 8 nitrogen and oxygen atoms in total. The molecule has 0 spiro atoms. The molecule has 2 aromatic rings. The van der Waals surface area contributed by atoms with Gasteiger partial charge in [-0.15, -0.1) is 0 Å². The summed E-state index contributed by atoms with van der Waals surface area (Å²) in [5, 5.41) is 3.07. The van der Waals surface area contributed by atoms with Gasteiger partial charge < -0.3 is 19.9 Å². The summed E-state index contributed by atoms with van der Waals surface area (Å²) in [6.07, 6.45) is 0.408. The summed E-state index contributed by atoms with van der Waals surface area (Å²) in [4.78, 5) is 46.3. The summed E-state index contributed by atoms with van der Waals surface area (Å²) in [6, 6.07) is 14.4. The van der Waals surface area contributed by atoms with Crippen LogP contribution < -0.4 is 5.32 Å². The molecule has 4 amide bonds. The molecule has 1 saturated heterocycles. The summed E-state index contributed by atoms with van der Waals surface area (Å²) in [7, 11) is 0. The number of rotatable bonds is 6. The van der Waals surface area contributed by atoms with Crippen molar-refractivity contribution in [3.8, 4) is 0 Å². The molecule has 8 heteroatoms. The van der Waals surface area contributed by atoms with Gasteiger partial charge in [-0.3, -0.25) is 14.5 Å². The number of hydrogen-bond donors (Lipinski definition) is 1. The maximum absolute atomic E-state index is 14.2. The van der Waals surface area contributed by atoms with Gasteiger partial charge in [0.15, 0.2) is 0 Å². The van der Waals surface area contributed by atoms with E-state index >= 15 is 0 Å². The minimum atomic E-state index is -0.674. The number of nitrogens with zero attached hydrogens (tertiary/aromatic N) is 3. The summed E-state index contributed by atoms with van der Waals surface area (Å²) < 4.78 is 5.46. The van der Waals surface area contributed by atoms with Crippen LogP contribution in [0, 0.1) is 13.8 Å². The van der Waals surface area contributed by atoms with Gasteiger partial charge >= 0.3 is 6.03 Å². The van der Waals surface area contributed by atoms with Crippen molar-refractivity contribution in [3.63, 3.8) is 0 Å². The van der Waals surface area contributed by atoms with E-state index in [1.54, 1.807) is 14.7 Å². The third-order valence-electron chi connectivity index (χ3n) is 7.56. The van der Waals surface area contributed by atoms with Crippen molar-refractivity contribution < 1.29 is 19.1 Å². The SMILES string of the molecule is CCN1C(=O)NC(c2ccc(C)cc2C)C2=C1CN(C(Cc1ccccc1)C(=O)N1CCOCC1)C2=O. The van der Waals surface area contributed by atoms with E-state index in [9.17, 15) is 14.4 Å². The highest BCUT2D eigenvalue weighted by molar-refractivity contribution is 6.03. The molecule has 1 N–H and O–H groups in total. The van der Waals surface area contributed by atoms with Crippen LogP contribution in [0.25, 0.3) is 0 Å². The molecule has 0 aromatic heterocycles. The summed E-state index contributed by atoms with van der Waals surface area (Å²) in [5.74, 6) is -0.272. The number of urea groups is 1. The first-order valence-corrected chi connectivity index (χ1v) is 13.0. The Morgan fingerprint density at radius 2 is 1.81 bits per heavy atom. The molecule has 2 unspecified atom stereocenters. The normalized spacial score (nSPS) is 20.7. The first-order valence-electron chi connectivity index (χ1n) is 13.0. The molecule has 5 rings (SSSR count). The highest BCUT2D eigenvalue weighted by Gasteiger charge is 2.47. The topological polar surface area (TPSA) is 82.2 Å². The minimum absolute atomic E-state index is 0.0780. The van der Waals surface area contributed by atoms with E-state index in [4.69, 9.17) is 4.74 Å². The van der Waals surface area contributed by atoms with Crippen molar-refractivity contribution in [1.29, 1.82) is 0 Å². The van der Waals surface area contributed by atoms with Crippen LogP contribution in [0.1, 0.15) is 35.2 Å². The van der Waals surface area contributed by atoms with E-state index in [2.05, 4.69) is 11.4 Å². The molecule has 0 saturated carbocycles. The van der Waals surface area contributed by atoms with Crippen LogP contribution in [-0.2, 0) is 20.7 Å². The Balaban J connectivity index is 1.53. The van der Waals surface area contributed by atoms with Crippen molar-refractivity contribution >= 4 is 17.8 Å². The van der Waals surface area contributed by atoms with Gasteiger partial charge in [0.25, 0.3) is 5.91 Å². The van der Waals surface area contributed by atoms with Gasteiger partial charge in [0.05, 0.1) is 37.1 Å². The lowest BCUT2D eigenvalue weighted by molar-refractivity contribution is -0.145. The number of likely N-dealkylation sites (N-methyl/N-ethyl adjacent to an activating group) is 1. The van der Waals surface area contributed by atoms with Gasteiger partial charge in [0.1, 0.15) is 6.04 Å². The predicted octanol–water partition coefficient (Wildman–Crippen LogP) is 2.96. The molecule has 3 aliphatic rings. The van der Waals surface area contributed by atoms with Crippen LogP contribution in [0.2, 0.25) is 0 Å². The van der Waals surface area contributed by atoms with Crippen molar-refractivity contribution in [1.82, 2.24) is 20.0 Å². The van der Waals surface area contributed by atoms with E-state index in [0.717, 1.165) is 22.3 Å². The lowest BCUT2D eigenvalue weighted by Crippen LogP contribution is -2.53. The Morgan fingerprint density at radius 3 is 2.49 bits per heavy atom. The van der Waals surface area contributed by atoms with Gasteiger partial charge in [-0.1, -0.05) is 54.1 Å². The number of nitrogens with one attached hydrogen (secondary N) is 1. The molecule has 3 aliphatic heterocycles. The quantitative estimate of drug-likeness (QED) is 0.659. The van der Waals surface area contributed by atoms with Crippen molar-refractivity contribution in [2.45, 2.75) is 39.3 Å².